The second-order valence-electron chi connectivity index (χ2n) is 4.88. The first-order chi connectivity index (χ1) is 7.79. The van der Waals surface area contributed by atoms with E-state index in [2.05, 4.69) is 5.32 Å². The average Bonchev–Trinajstić information content (AvgIpc) is 2.82. The summed E-state index contributed by atoms with van der Waals surface area (Å²) < 4.78 is 5.30. The van der Waals surface area contributed by atoms with E-state index in [1.807, 2.05) is 4.90 Å². The number of rotatable bonds is 3. The third-order valence-electron chi connectivity index (χ3n) is 3.75. The van der Waals surface area contributed by atoms with Gasteiger partial charge in [0.1, 0.15) is 0 Å². The van der Waals surface area contributed by atoms with Crippen molar-refractivity contribution in [2.75, 3.05) is 33.3 Å². The van der Waals surface area contributed by atoms with Crippen LogP contribution in [0, 0.1) is 5.92 Å². The monoisotopic (exact) mass is 226 g/mol. The molecule has 4 heteroatoms. The lowest BCUT2D eigenvalue weighted by atomic mass is 10.0. The van der Waals surface area contributed by atoms with Gasteiger partial charge in [-0.1, -0.05) is 0 Å². The molecular formula is C12H22N2O2. The molecule has 2 fully saturated rings. The Labute approximate surface area is 97.3 Å². The van der Waals surface area contributed by atoms with Gasteiger partial charge in [0.25, 0.3) is 0 Å². The molecule has 1 amide bonds. The minimum absolute atomic E-state index is 0.336. The summed E-state index contributed by atoms with van der Waals surface area (Å²) in [5.74, 6) is 0.899. The Morgan fingerprint density at radius 2 is 2.12 bits per heavy atom. The molecule has 0 aromatic rings. The highest BCUT2D eigenvalue weighted by Gasteiger charge is 2.25. The largest absolute Gasteiger partial charge is 0.381 e. The zero-order valence-corrected chi connectivity index (χ0v) is 10.1. The van der Waals surface area contributed by atoms with Crippen LogP contribution in [0.2, 0.25) is 0 Å². The maximum absolute atomic E-state index is 12.0. The minimum Gasteiger partial charge on any atom is -0.381 e. The predicted octanol–water partition coefficient (Wildman–Crippen LogP) is 0.623. The van der Waals surface area contributed by atoms with Gasteiger partial charge >= 0.3 is 0 Å². The molecular weight excluding hydrogens is 204 g/mol. The highest BCUT2D eigenvalue weighted by atomic mass is 16.5. The number of nitrogens with one attached hydrogen (secondary N) is 1. The first kappa shape index (κ1) is 11.9. The summed E-state index contributed by atoms with van der Waals surface area (Å²) in [5, 5.41) is 3.31. The highest BCUT2D eigenvalue weighted by Crippen LogP contribution is 2.18. The van der Waals surface area contributed by atoms with Crippen molar-refractivity contribution in [2.24, 2.45) is 5.92 Å². The number of nitrogens with zero attached hydrogens (tertiary/aromatic N) is 1. The van der Waals surface area contributed by atoms with Crippen LogP contribution in [0.25, 0.3) is 0 Å². The van der Waals surface area contributed by atoms with Crippen molar-refractivity contribution in [1.29, 1.82) is 0 Å². The van der Waals surface area contributed by atoms with Gasteiger partial charge in [-0.15, -0.1) is 0 Å². The Balaban J connectivity index is 1.73. The van der Waals surface area contributed by atoms with Crippen LogP contribution in [0.3, 0.4) is 0 Å². The molecule has 0 bridgehead atoms. The van der Waals surface area contributed by atoms with E-state index in [0.29, 0.717) is 17.9 Å². The van der Waals surface area contributed by atoms with Crippen molar-refractivity contribution in [3.63, 3.8) is 0 Å². The maximum Gasteiger partial charge on any atom is 0.222 e. The third kappa shape index (κ3) is 2.95. The molecule has 1 N–H and O–H groups in total. The van der Waals surface area contributed by atoms with E-state index < -0.39 is 0 Å². The summed E-state index contributed by atoms with van der Waals surface area (Å²) in [6, 6.07) is 0. The number of ether oxygens (including phenoxy) is 1. The molecule has 2 aliphatic rings. The molecule has 0 spiro atoms. The Morgan fingerprint density at radius 1 is 1.38 bits per heavy atom. The molecule has 0 radical (unpaired) electrons. The van der Waals surface area contributed by atoms with Crippen molar-refractivity contribution in [1.82, 2.24) is 10.2 Å². The fourth-order valence-corrected chi connectivity index (χ4v) is 2.61. The lowest BCUT2D eigenvalue weighted by molar-refractivity contribution is -0.134. The standard InChI is InChI=1S/C12H22N2O2/c1-16-11-3-6-14(7-4-11)12(15)8-10-2-5-13-9-10/h10-11,13H,2-9H2,1H3. The SMILES string of the molecule is COC1CCN(C(=O)CC2CCNC2)CC1. The van der Waals surface area contributed by atoms with Crippen LogP contribution < -0.4 is 5.32 Å². The van der Waals surface area contributed by atoms with Crippen molar-refractivity contribution in [2.45, 2.75) is 31.8 Å². The van der Waals surface area contributed by atoms with Gasteiger partial charge in [-0.3, -0.25) is 4.79 Å². The summed E-state index contributed by atoms with van der Waals surface area (Å²) in [5.41, 5.74) is 0. The second kappa shape index (κ2) is 5.64. The number of hydrogen-bond donors (Lipinski definition) is 1. The van der Waals surface area contributed by atoms with Crippen molar-refractivity contribution in [3.8, 4) is 0 Å². The molecule has 2 rings (SSSR count). The van der Waals surface area contributed by atoms with Gasteiger partial charge in [0.2, 0.25) is 5.91 Å². The Morgan fingerprint density at radius 3 is 2.69 bits per heavy atom. The van der Waals surface area contributed by atoms with Crippen molar-refractivity contribution >= 4 is 5.91 Å². The molecule has 0 aromatic carbocycles. The Kier molecular flexibility index (Phi) is 4.18. The number of piperidine rings is 1. The summed E-state index contributed by atoms with van der Waals surface area (Å²) in [6.45, 7) is 3.83. The third-order valence-corrected chi connectivity index (χ3v) is 3.75. The zero-order chi connectivity index (χ0) is 11.4. The highest BCUT2D eigenvalue weighted by molar-refractivity contribution is 5.76. The number of methoxy groups -OCH3 is 1. The van der Waals surface area contributed by atoms with Crippen LogP contribution in [-0.2, 0) is 9.53 Å². The first-order valence-corrected chi connectivity index (χ1v) is 6.31. The van der Waals surface area contributed by atoms with E-state index >= 15 is 0 Å². The van der Waals surface area contributed by atoms with E-state index in [1.165, 1.54) is 0 Å². The van der Waals surface area contributed by atoms with E-state index in [9.17, 15) is 4.79 Å². The van der Waals surface area contributed by atoms with E-state index in [1.54, 1.807) is 7.11 Å². The van der Waals surface area contributed by atoms with Crippen LogP contribution in [0.4, 0.5) is 0 Å². The molecule has 2 heterocycles. The predicted molar refractivity (Wildman–Crippen MR) is 62.2 cm³/mol. The zero-order valence-electron chi connectivity index (χ0n) is 10.1. The van der Waals surface area contributed by atoms with E-state index in [-0.39, 0.29) is 0 Å². The number of hydrogen-bond acceptors (Lipinski definition) is 3. The average molecular weight is 226 g/mol. The smallest absolute Gasteiger partial charge is 0.222 e. The maximum atomic E-state index is 12.0. The molecule has 0 saturated carbocycles. The van der Waals surface area contributed by atoms with Crippen molar-refractivity contribution in [3.05, 3.63) is 0 Å². The fourth-order valence-electron chi connectivity index (χ4n) is 2.61. The molecule has 92 valence electrons. The first-order valence-electron chi connectivity index (χ1n) is 6.31. The molecule has 1 unspecified atom stereocenters. The number of carbonyl (C=O) groups excluding carboxylic acids is 1. The summed E-state index contributed by atoms with van der Waals surface area (Å²) >= 11 is 0. The topological polar surface area (TPSA) is 41.6 Å². The number of amides is 1. The lowest BCUT2D eigenvalue weighted by Crippen LogP contribution is -2.41. The van der Waals surface area contributed by atoms with Gasteiger partial charge in [0.05, 0.1) is 6.10 Å². The fraction of sp³-hybridized carbons (Fsp3) is 0.917. The molecule has 0 aromatic heterocycles. The van der Waals surface area contributed by atoms with Gasteiger partial charge in [-0.05, 0) is 38.3 Å². The van der Waals surface area contributed by atoms with Gasteiger partial charge in [0, 0.05) is 26.6 Å². The molecule has 16 heavy (non-hydrogen) atoms. The van der Waals surface area contributed by atoms with Crippen LogP contribution in [0.15, 0.2) is 0 Å². The second-order valence-corrected chi connectivity index (χ2v) is 4.88. The van der Waals surface area contributed by atoms with Crippen LogP contribution in [0.5, 0.6) is 0 Å². The molecule has 4 nitrogen and oxygen atoms in total. The van der Waals surface area contributed by atoms with Crippen LogP contribution in [-0.4, -0.2) is 50.2 Å². The Bertz CT molecular complexity index is 231. The van der Waals surface area contributed by atoms with Gasteiger partial charge in [0.15, 0.2) is 0 Å². The number of likely N-dealkylation sites (tertiary alicyclic amines) is 1. The number of carbonyl (C=O) groups is 1. The normalized spacial score (nSPS) is 27.3. The molecule has 0 aliphatic carbocycles. The minimum atomic E-state index is 0.336. The quantitative estimate of drug-likeness (QED) is 0.767. The summed E-state index contributed by atoms with van der Waals surface area (Å²) in [4.78, 5) is 14.0. The van der Waals surface area contributed by atoms with E-state index in [0.717, 1.165) is 51.9 Å². The summed E-state index contributed by atoms with van der Waals surface area (Å²) in [6.07, 6.45) is 4.22. The van der Waals surface area contributed by atoms with Gasteiger partial charge in [-0.25, -0.2) is 0 Å². The van der Waals surface area contributed by atoms with Crippen LogP contribution in [0.1, 0.15) is 25.7 Å². The van der Waals surface area contributed by atoms with Gasteiger partial charge < -0.3 is 15.0 Å². The molecule has 2 saturated heterocycles. The summed E-state index contributed by atoms with van der Waals surface area (Å²) in [7, 11) is 1.76. The lowest BCUT2D eigenvalue weighted by Gasteiger charge is -2.31. The van der Waals surface area contributed by atoms with Gasteiger partial charge in [-0.2, -0.15) is 0 Å². The Hall–Kier alpha value is -0.610. The molecule has 2 aliphatic heterocycles. The van der Waals surface area contributed by atoms with E-state index in [4.69, 9.17) is 4.74 Å². The van der Waals surface area contributed by atoms with Crippen LogP contribution >= 0.6 is 0 Å². The molecule has 1 atom stereocenters. The van der Waals surface area contributed by atoms with Crippen molar-refractivity contribution < 1.29 is 9.53 Å².